The summed E-state index contributed by atoms with van der Waals surface area (Å²) in [6, 6.07) is 16.2. The minimum Gasteiger partial charge on any atom is -0.497 e. The van der Waals surface area contributed by atoms with Crippen LogP contribution in [0.1, 0.15) is 52.0 Å². The molecule has 3 aromatic rings. The Balaban J connectivity index is 1.07. The Bertz CT molecular complexity index is 1640. The summed E-state index contributed by atoms with van der Waals surface area (Å²) in [6.07, 6.45) is -0.307. The van der Waals surface area contributed by atoms with Gasteiger partial charge in [0.25, 0.3) is 0 Å². The molecular weight excluding hydrogens is 688 g/mol. The minimum absolute atomic E-state index is 0.0424. The molecule has 0 radical (unpaired) electrons. The quantitative estimate of drug-likeness (QED) is 0.140. The van der Waals surface area contributed by atoms with Gasteiger partial charge in [-0.1, -0.05) is 54.1 Å². The summed E-state index contributed by atoms with van der Waals surface area (Å²) in [7, 11) is 1.60. The van der Waals surface area contributed by atoms with Gasteiger partial charge in [-0.25, -0.2) is 9.48 Å². The first kappa shape index (κ1) is 39.6. The van der Waals surface area contributed by atoms with E-state index in [1.54, 1.807) is 31.8 Å². The third kappa shape index (κ3) is 11.9. The van der Waals surface area contributed by atoms with Gasteiger partial charge >= 0.3 is 6.09 Å². The number of aromatic nitrogens is 3. The molecule has 3 heterocycles. The zero-order chi connectivity index (χ0) is 37.8. The van der Waals surface area contributed by atoms with E-state index in [1.165, 1.54) is 6.92 Å². The van der Waals surface area contributed by atoms with Crippen LogP contribution >= 0.6 is 0 Å². The van der Waals surface area contributed by atoms with Gasteiger partial charge in [0.05, 0.1) is 32.6 Å². The Hall–Kier alpha value is -4.61. The van der Waals surface area contributed by atoms with Crippen LogP contribution in [0.4, 0.5) is 4.79 Å². The summed E-state index contributed by atoms with van der Waals surface area (Å²) in [5.74, 6) is -0.804. The summed E-state index contributed by atoms with van der Waals surface area (Å²) in [5, 5.41) is 27.6. The molecule has 16 nitrogen and oxygen atoms in total. The number of amides is 3. The van der Waals surface area contributed by atoms with Gasteiger partial charge in [-0.2, -0.15) is 0 Å². The molecular formula is C37H50N6O10. The van der Waals surface area contributed by atoms with Crippen LogP contribution in [-0.4, -0.2) is 107 Å². The monoisotopic (exact) mass is 738 g/mol. The highest BCUT2D eigenvalue weighted by atomic mass is 16.8. The number of nitrogens with zero attached hydrogens (tertiary/aromatic N) is 3. The average Bonchev–Trinajstić information content (AvgIpc) is 3.75. The molecule has 3 amide bonds. The zero-order valence-corrected chi connectivity index (χ0v) is 30.6. The fourth-order valence-electron chi connectivity index (χ4n) is 6.17. The van der Waals surface area contributed by atoms with E-state index >= 15 is 0 Å². The van der Waals surface area contributed by atoms with Crippen molar-refractivity contribution in [1.29, 1.82) is 0 Å². The van der Waals surface area contributed by atoms with E-state index in [1.807, 2.05) is 54.6 Å². The van der Waals surface area contributed by atoms with Gasteiger partial charge in [0.15, 0.2) is 12.1 Å². The van der Waals surface area contributed by atoms with Gasteiger partial charge in [0.1, 0.15) is 42.4 Å². The highest BCUT2D eigenvalue weighted by Crippen LogP contribution is 2.38. The fourth-order valence-corrected chi connectivity index (χ4v) is 6.17. The summed E-state index contributed by atoms with van der Waals surface area (Å²) in [5.41, 5.74) is 2.38. The summed E-state index contributed by atoms with van der Waals surface area (Å²) >= 11 is 0. The molecule has 2 aromatic carbocycles. The van der Waals surface area contributed by atoms with Crippen LogP contribution in [0.25, 0.3) is 11.3 Å². The topological polar surface area (TPSA) is 194 Å². The summed E-state index contributed by atoms with van der Waals surface area (Å²) in [4.78, 5) is 36.6. The first-order valence-electron chi connectivity index (χ1n) is 17.8. The number of fused-ring (bicyclic) bond motifs is 1. The molecule has 2 saturated heterocycles. The van der Waals surface area contributed by atoms with E-state index in [0.717, 1.165) is 17.5 Å². The Morgan fingerprint density at radius 3 is 2.58 bits per heavy atom. The van der Waals surface area contributed by atoms with Crippen molar-refractivity contribution in [3.05, 3.63) is 66.4 Å². The average molecular weight is 739 g/mol. The molecule has 0 aliphatic carbocycles. The number of aliphatic hydroxyl groups excluding tert-OH is 1. The van der Waals surface area contributed by atoms with E-state index < -0.39 is 48.6 Å². The lowest BCUT2D eigenvalue weighted by Gasteiger charge is -2.42. The Morgan fingerprint density at radius 2 is 1.81 bits per heavy atom. The van der Waals surface area contributed by atoms with Gasteiger partial charge in [-0.15, -0.1) is 5.10 Å². The smallest absolute Gasteiger partial charge is 0.407 e. The molecule has 16 heteroatoms. The van der Waals surface area contributed by atoms with Crippen molar-refractivity contribution < 1.29 is 47.9 Å². The molecule has 2 aliphatic heterocycles. The lowest BCUT2D eigenvalue weighted by Crippen LogP contribution is -2.63. The number of methoxy groups -OCH3 is 1. The number of benzene rings is 2. The Labute approximate surface area is 308 Å². The van der Waals surface area contributed by atoms with Gasteiger partial charge in [-0.05, 0) is 44.4 Å². The third-order valence-corrected chi connectivity index (χ3v) is 8.68. The lowest BCUT2D eigenvalue weighted by atomic mass is 9.96. The molecule has 0 bridgehead atoms. The molecule has 53 heavy (non-hydrogen) atoms. The van der Waals surface area contributed by atoms with Crippen molar-refractivity contribution in [3.63, 3.8) is 0 Å². The molecule has 4 N–H and O–H groups in total. The van der Waals surface area contributed by atoms with E-state index in [4.69, 9.17) is 28.4 Å². The van der Waals surface area contributed by atoms with Crippen LogP contribution in [0.2, 0.25) is 0 Å². The van der Waals surface area contributed by atoms with Crippen LogP contribution < -0.4 is 20.7 Å². The number of ether oxygens (including phenoxy) is 6. The van der Waals surface area contributed by atoms with Crippen molar-refractivity contribution in [2.24, 2.45) is 0 Å². The zero-order valence-electron chi connectivity index (χ0n) is 30.6. The van der Waals surface area contributed by atoms with E-state index in [0.29, 0.717) is 30.8 Å². The maximum atomic E-state index is 12.4. The van der Waals surface area contributed by atoms with Crippen LogP contribution in [0.3, 0.4) is 0 Å². The maximum absolute atomic E-state index is 12.4. The van der Waals surface area contributed by atoms with Crippen LogP contribution in [0, 0.1) is 0 Å². The van der Waals surface area contributed by atoms with Crippen molar-refractivity contribution in [2.75, 3.05) is 26.8 Å². The second-order valence-corrected chi connectivity index (χ2v) is 13.5. The second-order valence-electron chi connectivity index (χ2n) is 13.5. The fraction of sp³-hybridized carbons (Fsp3) is 0.541. The Kier molecular flexibility index (Phi) is 14.1. The third-order valence-electron chi connectivity index (χ3n) is 8.68. The number of alkyl carbamates (subject to hydrolysis) is 1. The van der Waals surface area contributed by atoms with Crippen molar-refractivity contribution in [2.45, 2.75) is 102 Å². The Morgan fingerprint density at radius 1 is 1.02 bits per heavy atom. The predicted molar refractivity (Wildman–Crippen MR) is 190 cm³/mol. The van der Waals surface area contributed by atoms with Crippen LogP contribution in [0.5, 0.6) is 5.75 Å². The molecule has 6 atom stereocenters. The van der Waals surface area contributed by atoms with Gasteiger partial charge in [0.2, 0.25) is 11.8 Å². The molecule has 0 spiro atoms. The van der Waals surface area contributed by atoms with Crippen molar-refractivity contribution in [3.8, 4) is 17.0 Å². The minimum atomic E-state index is -1.05. The SMILES string of the molecule is COc1cccc(-c2cn(CC3OC(OCC(O)CNC(=O)CCCCCNC(=O)OCc4ccccc4)C(NC(C)=O)C4OC(C)(C)OC34)nn2)c1. The lowest BCUT2D eigenvalue weighted by molar-refractivity contribution is -0.253. The molecule has 1 aromatic heterocycles. The number of nitrogens with one attached hydrogen (secondary N) is 3. The number of aliphatic hydroxyl groups is 1. The number of hydrogen-bond donors (Lipinski definition) is 4. The summed E-state index contributed by atoms with van der Waals surface area (Å²) < 4.78 is 37.1. The number of unbranched alkanes of at least 4 members (excludes halogenated alkanes) is 2. The first-order chi connectivity index (χ1) is 25.5. The second kappa shape index (κ2) is 18.9. The predicted octanol–water partition coefficient (Wildman–Crippen LogP) is 2.68. The number of hydrogen-bond acceptors (Lipinski definition) is 12. The van der Waals surface area contributed by atoms with Gasteiger partial charge in [-0.3, -0.25) is 9.59 Å². The molecule has 5 rings (SSSR count). The molecule has 6 unspecified atom stereocenters. The van der Waals surface area contributed by atoms with Crippen molar-refractivity contribution in [1.82, 2.24) is 30.9 Å². The molecule has 0 saturated carbocycles. The summed E-state index contributed by atoms with van der Waals surface area (Å²) in [6.45, 7) is 5.60. The molecule has 2 fully saturated rings. The van der Waals surface area contributed by atoms with Gasteiger partial charge < -0.3 is 49.5 Å². The van der Waals surface area contributed by atoms with Gasteiger partial charge in [0, 0.05) is 32.0 Å². The highest BCUT2D eigenvalue weighted by Gasteiger charge is 2.56. The number of carbonyl (C=O) groups is 3. The number of carbonyl (C=O) groups excluding carboxylic acids is 3. The molecule has 2 aliphatic rings. The van der Waals surface area contributed by atoms with E-state index in [2.05, 4.69) is 26.3 Å². The highest BCUT2D eigenvalue weighted by molar-refractivity contribution is 5.75. The van der Waals surface area contributed by atoms with Crippen LogP contribution in [0.15, 0.2) is 60.8 Å². The van der Waals surface area contributed by atoms with Crippen LogP contribution in [-0.2, 0) is 46.4 Å². The number of rotatable bonds is 18. The maximum Gasteiger partial charge on any atom is 0.407 e. The molecule has 288 valence electrons. The first-order valence-corrected chi connectivity index (χ1v) is 17.8. The standard InChI is InChI=1S/C37H50N6O10/c1-24(44)40-32-34-33(52-37(2,3)53-34)30(21-43-20-29(41-42-43)26-14-11-15-28(18-26)48-4)51-35(32)49-23-27(45)19-39-31(46)16-9-6-10-17-38-36(47)50-22-25-12-7-5-8-13-25/h5,7-8,11-15,18,20,27,30,32-35,45H,6,9-10,16-17,19,21-23H2,1-4H3,(H,38,47)(H,39,46)(H,40,44). The van der Waals surface area contributed by atoms with Crippen molar-refractivity contribution >= 4 is 17.9 Å². The largest absolute Gasteiger partial charge is 0.497 e. The van der Waals surface area contributed by atoms with E-state index in [9.17, 15) is 19.5 Å². The van der Waals surface area contributed by atoms with E-state index in [-0.39, 0.29) is 44.5 Å². The normalized spacial score (nSPS) is 22.3.